The molecular weight excluding hydrogens is 247 g/mol. The van der Waals surface area contributed by atoms with Gasteiger partial charge in [-0.05, 0) is 13.3 Å². The first kappa shape index (κ1) is 16.9. The SMILES string of the molecule is B[C@@H]1O[C@H](COC)C(OC)[C@@H]1O[C@@H](C)[C@@H](CC)OC. The second-order valence-electron chi connectivity index (χ2n) is 5.02. The van der Waals surface area contributed by atoms with Gasteiger partial charge in [-0.2, -0.15) is 0 Å². The van der Waals surface area contributed by atoms with Crippen molar-refractivity contribution in [1.82, 2.24) is 0 Å². The van der Waals surface area contributed by atoms with Crippen LogP contribution >= 0.6 is 0 Å². The predicted octanol–water partition coefficient (Wildman–Crippen LogP) is 0.205. The Bertz CT molecular complexity index is 249. The molecule has 0 spiro atoms. The lowest BCUT2D eigenvalue weighted by atomic mass is 9.92. The summed E-state index contributed by atoms with van der Waals surface area (Å²) in [6, 6.07) is -0.0121. The lowest BCUT2D eigenvalue weighted by Gasteiger charge is -2.29. The lowest BCUT2D eigenvalue weighted by molar-refractivity contribution is -0.117. The van der Waals surface area contributed by atoms with Gasteiger partial charge in [0.25, 0.3) is 0 Å². The van der Waals surface area contributed by atoms with E-state index >= 15 is 0 Å². The van der Waals surface area contributed by atoms with Gasteiger partial charge in [-0.15, -0.1) is 0 Å². The molecule has 1 heterocycles. The van der Waals surface area contributed by atoms with Crippen LogP contribution < -0.4 is 0 Å². The minimum atomic E-state index is -0.105. The average molecular weight is 274 g/mol. The maximum Gasteiger partial charge on any atom is 0.142 e. The molecule has 0 saturated carbocycles. The third kappa shape index (κ3) is 4.16. The number of ether oxygens (including phenoxy) is 5. The van der Waals surface area contributed by atoms with Crippen LogP contribution in [-0.2, 0) is 23.7 Å². The molecule has 0 aromatic heterocycles. The number of hydrogen-bond acceptors (Lipinski definition) is 5. The van der Waals surface area contributed by atoms with Gasteiger partial charge in [0.2, 0.25) is 0 Å². The summed E-state index contributed by atoms with van der Waals surface area (Å²) in [6.07, 6.45) is 0.732. The molecule has 112 valence electrons. The second-order valence-corrected chi connectivity index (χ2v) is 5.02. The third-order valence-corrected chi connectivity index (χ3v) is 3.75. The van der Waals surface area contributed by atoms with Gasteiger partial charge in [0.15, 0.2) is 0 Å². The van der Waals surface area contributed by atoms with Crippen molar-refractivity contribution in [1.29, 1.82) is 0 Å². The standard InChI is InChI=1S/C13H27BO5/c1-6-9(16-4)8(2)18-12-11(17-5)10(7-15-3)19-13(12)14/h8-13H,6-7,14H2,1-5H3/t8-,9+,10+,11?,12-,13+/m0/s1. The van der Waals surface area contributed by atoms with Crippen LogP contribution in [0, 0.1) is 0 Å². The molecule has 1 aliphatic rings. The van der Waals surface area contributed by atoms with Crippen molar-refractivity contribution in [2.24, 2.45) is 0 Å². The Morgan fingerprint density at radius 2 is 1.89 bits per heavy atom. The molecule has 0 aromatic rings. The van der Waals surface area contributed by atoms with E-state index in [-0.39, 0.29) is 36.5 Å². The Hall–Kier alpha value is -0.135. The Morgan fingerprint density at radius 3 is 2.37 bits per heavy atom. The van der Waals surface area contributed by atoms with Gasteiger partial charge in [0, 0.05) is 21.3 Å². The summed E-state index contributed by atoms with van der Waals surface area (Å²) in [6.45, 7) is 4.63. The molecule has 0 aliphatic carbocycles. The zero-order chi connectivity index (χ0) is 14.4. The molecule has 0 bridgehead atoms. The molecule has 0 amide bonds. The van der Waals surface area contributed by atoms with Gasteiger partial charge in [0.1, 0.15) is 26.2 Å². The summed E-state index contributed by atoms with van der Waals surface area (Å²) >= 11 is 0. The Kier molecular flexibility index (Phi) is 7.32. The summed E-state index contributed by atoms with van der Waals surface area (Å²) in [5.41, 5.74) is 0. The van der Waals surface area contributed by atoms with Crippen LogP contribution in [0.4, 0.5) is 0 Å². The van der Waals surface area contributed by atoms with Crippen LogP contribution in [0.15, 0.2) is 0 Å². The molecule has 0 aromatic carbocycles. The average Bonchev–Trinajstić information content (AvgIpc) is 2.67. The van der Waals surface area contributed by atoms with Gasteiger partial charge >= 0.3 is 0 Å². The maximum absolute atomic E-state index is 6.12. The fourth-order valence-electron chi connectivity index (χ4n) is 2.71. The third-order valence-electron chi connectivity index (χ3n) is 3.75. The summed E-state index contributed by atoms with van der Waals surface area (Å²) in [5, 5.41) is 0. The van der Waals surface area contributed by atoms with Crippen molar-refractivity contribution in [3.05, 3.63) is 0 Å². The summed E-state index contributed by atoms with van der Waals surface area (Å²) in [7, 11) is 7.07. The first-order valence-corrected chi connectivity index (χ1v) is 6.94. The highest BCUT2D eigenvalue weighted by atomic mass is 16.6. The molecule has 1 fully saturated rings. The highest BCUT2D eigenvalue weighted by Gasteiger charge is 2.44. The van der Waals surface area contributed by atoms with E-state index in [1.54, 1.807) is 21.3 Å². The topological polar surface area (TPSA) is 46.2 Å². The van der Waals surface area contributed by atoms with E-state index in [1.807, 2.05) is 14.8 Å². The lowest BCUT2D eigenvalue weighted by Crippen LogP contribution is -2.43. The van der Waals surface area contributed by atoms with Gasteiger partial charge in [0.05, 0.1) is 24.8 Å². The van der Waals surface area contributed by atoms with Crippen molar-refractivity contribution < 1.29 is 23.7 Å². The Morgan fingerprint density at radius 1 is 1.21 bits per heavy atom. The normalized spacial score (nSPS) is 34.4. The number of rotatable bonds is 8. The van der Waals surface area contributed by atoms with Crippen molar-refractivity contribution >= 4 is 7.85 Å². The molecule has 0 N–H and O–H groups in total. The van der Waals surface area contributed by atoms with Crippen LogP contribution in [0.5, 0.6) is 0 Å². The highest BCUT2D eigenvalue weighted by Crippen LogP contribution is 2.27. The maximum atomic E-state index is 6.12. The van der Waals surface area contributed by atoms with E-state index in [4.69, 9.17) is 23.7 Å². The zero-order valence-electron chi connectivity index (χ0n) is 12.9. The minimum absolute atomic E-state index is 0.00462. The molecular formula is C13H27BO5. The number of methoxy groups -OCH3 is 3. The zero-order valence-corrected chi connectivity index (χ0v) is 12.9. The van der Waals surface area contributed by atoms with E-state index in [0.29, 0.717) is 6.61 Å². The molecule has 5 nitrogen and oxygen atoms in total. The van der Waals surface area contributed by atoms with Crippen molar-refractivity contribution in [2.45, 2.75) is 56.8 Å². The van der Waals surface area contributed by atoms with Crippen LogP contribution in [0.3, 0.4) is 0 Å². The van der Waals surface area contributed by atoms with Crippen LogP contribution in [0.1, 0.15) is 20.3 Å². The van der Waals surface area contributed by atoms with Crippen molar-refractivity contribution in [3.8, 4) is 0 Å². The summed E-state index contributed by atoms with van der Waals surface area (Å²) in [5.74, 6) is 0. The molecule has 0 radical (unpaired) electrons. The summed E-state index contributed by atoms with van der Waals surface area (Å²) < 4.78 is 28.1. The van der Waals surface area contributed by atoms with Crippen molar-refractivity contribution in [3.63, 3.8) is 0 Å². The molecule has 1 aliphatic heterocycles. The first-order valence-electron chi connectivity index (χ1n) is 6.94. The molecule has 1 saturated heterocycles. The quantitative estimate of drug-likeness (QED) is 0.592. The van der Waals surface area contributed by atoms with E-state index < -0.39 is 0 Å². The van der Waals surface area contributed by atoms with Crippen LogP contribution in [-0.4, -0.2) is 72.3 Å². The first-order chi connectivity index (χ1) is 9.08. The fraction of sp³-hybridized carbons (Fsp3) is 1.00. The number of hydrogen-bond donors (Lipinski definition) is 0. The van der Waals surface area contributed by atoms with E-state index in [1.165, 1.54) is 0 Å². The van der Waals surface area contributed by atoms with Gasteiger partial charge in [-0.1, -0.05) is 6.92 Å². The second kappa shape index (κ2) is 8.22. The Balaban J connectivity index is 2.64. The molecule has 1 rings (SSSR count). The minimum Gasteiger partial charge on any atom is -0.382 e. The van der Waals surface area contributed by atoms with Crippen LogP contribution in [0.2, 0.25) is 0 Å². The smallest absolute Gasteiger partial charge is 0.142 e. The Labute approximate surface area is 117 Å². The van der Waals surface area contributed by atoms with E-state index in [2.05, 4.69) is 6.92 Å². The van der Waals surface area contributed by atoms with E-state index in [0.717, 1.165) is 6.42 Å². The summed E-state index contributed by atoms with van der Waals surface area (Å²) in [4.78, 5) is 0. The highest BCUT2D eigenvalue weighted by molar-refractivity contribution is 6.11. The van der Waals surface area contributed by atoms with Crippen LogP contribution in [0.25, 0.3) is 0 Å². The predicted molar refractivity (Wildman–Crippen MR) is 75.3 cm³/mol. The molecule has 6 atom stereocenters. The fourth-order valence-corrected chi connectivity index (χ4v) is 2.71. The largest absolute Gasteiger partial charge is 0.382 e. The van der Waals surface area contributed by atoms with E-state index in [9.17, 15) is 0 Å². The molecule has 1 unspecified atom stereocenters. The molecule has 6 heteroatoms. The van der Waals surface area contributed by atoms with Gasteiger partial charge < -0.3 is 23.7 Å². The monoisotopic (exact) mass is 274 g/mol. The molecule has 19 heavy (non-hydrogen) atoms. The van der Waals surface area contributed by atoms with Gasteiger partial charge in [-0.3, -0.25) is 0 Å². The van der Waals surface area contributed by atoms with Gasteiger partial charge in [-0.25, -0.2) is 0 Å². The van der Waals surface area contributed by atoms with Crippen molar-refractivity contribution in [2.75, 3.05) is 27.9 Å².